The first-order valence-electron chi connectivity index (χ1n) is 11.5. The summed E-state index contributed by atoms with van der Waals surface area (Å²) in [5, 5.41) is 13.4. The van der Waals surface area contributed by atoms with Crippen molar-refractivity contribution < 1.29 is 19.2 Å². The number of rotatable bonds is 4. The van der Waals surface area contributed by atoms with E-state index in [0.717, 1.165) is 30.8 Å². The summed E-state index contributed by atoms with van der Waals surface area (Å²) in [4.78, 5) is 55.4. The van der Waals surface area contributed by atoms with Gasteiger partial charge in [0.05, 0.1) is 17.9 Å². The molecule has 4 amide bonds. The van der Waals surface area contributed by atoms with Crippen LogP contribution in [0.4, 0.5) is 0 Å². The van der Waals surface area contributed by atoms with Crippen LogP contribution in [0, 0.1) is 0 Å². The molecule has 178 valence electrons. The van der Waals surface area contributed by atoms with Crippen LogP contribution < -0.4 is 10.6 Å². The fourth-order valence-corrected chi connectivity index (χ4v) is 4.96. The maximum Gasteiger partial charge on any atom is 0.274 e. The number of imide groups is 1. The Balaban J connectivity index is 1.18. The van der Waals surface area contributed by atoms with Gasteiger partial charge in [-0.15, -0.1) is 5.10 Å². The number of nitrogens with one attached hydrogen (secondary N) is 2. The molecule has 5 heterocycles. The van der Waals surface area contributed by atoms with E-state index in [0.29, 0.717) is 24.2 Å². The number of hydrogen-bond donors (Lipinski definition) is 2. The highest BCUT2D eigenvalue weighted by atomic mass is 16.2. The Morgan fingerprint density at radius 2 is 2.06 bits per heavy atom. The van der Waals surface area contributed by atoms with Crippen molar-refractivity contribution in [3.63, 3.8) is 0 Å². The molecule has 0 aliphatic carbocycles. The molecule has 35 heavy (non-hydrogen) atoms. The maximum atomic E-state index is 13.1. The van der Waals surface area contributed by atoms with E-state index >= 15 is 0 Å². The summed E-state index contributed by atoms with van der Waals surface area (Å²) in [6.45, 7) is 1.18. The molecule has 6 rings (SSSR count). The van der Waals surface area contributed by atoms with Gasteiger partial charge in [0, 0.05) is 37.5 Å². The van der Waals surface area contributed by atoms with Crippen molar-refractivity contribution in [1.29, 1.82) is 0 Å². The number of hydrogen-bond acceptors (Lipinski definition) is 7. The standard InChI is InChI=1S/C23H22N8O4/c32-19-6-5-18(22(34)26-19)30-11-13-3-4-14(10-15(13)23(30)35)31-12-17(27-28-31)21(33)25-16-2-1-8-29-9-7-24-20(16)29/h3-4,7,9-10,12,16,18H,1-2,5-6,8,11H2,(H,25,33)(H,26,32,34). The molecule has 2 aromatic heterocycles. The molecule has 1 fully saturated rings. The lowest BCUT2D eigenvalue weighted by molar-refractivity contribution is -0.136. The number of aromatic nitrogens is 5. The van der Waals surface area contributed by atoms with Crippen molar-refractivity contribution in [3.8, 4) is 5.69 Å². The summed E-state index contributed by atoms with van der Waals surface area (Å²) in [6, 6.07) is 4.41. The Morgan fingerprint density at radius 1 is 1.17 bits per heavy atom. The fraction of sp³-hybridized carbons (Fsp3) is 0.348. The van der Waals surface area contributed by atoms with E-state index < -0.39 is 11.9 Å². The number of nitrogens with zero attached hydrogens (tertiary/aromatic N) is 6. The predicted molar refractivity (Wildman–Crippen MR) is 119 cm³/mol. The summed E-state index contributed by atoms with van der Waals surface area (Å²) in [6.07, 6.45) is 7.40. The van der Waals surface area contributed by atoms with Gasteiger partial charge in [0.15, 0.2) is 5.69 Å². The van der Waals surface area contributed by atoms with Crippen molar-refractivity contribution in [2.45, 2.75) is 50.9 Å². The predicted octanol–water partition coefficient (Wildman–Crippen LogP) is 0.490. The van der Waals surface area contributed by atoms with Crippen LogP contribution in [0.5, 0.6) is 0 Å². The Hall–Kier alpha value is -4.35. The average Bonchev–Trinajstić information content (AvgIpc) is 3.59. The Labute approximate surface area is 199 Å². The number of carbonyl (C=O) groups excluding carboxylic acids is 4. The minimum atomic E-state index is -0.673. The number of imidazole rings is 1. The van der Waals surface area contributed by atoms with Crippen LogP contribution in [0.3, 0.4) is 0 Å². The lowest BCUT2D eigenvalue weighted by atomic mass is 10.0. The fourth-order valence-electron chi connectivity index (χ4n) is 4.96. The molecule has 2 N–H and O–H groups in total. The van der Waals surface area contributed by atoms with Crippen LogP contribution >= 0.6 is 0 Å². The first-order valence-corrected chi connectivity index (χ1v) is 11.5. The van der Waals surface area contributed by atoms with Crippen LogP contribution in [-0.2, 0) is 22.7 Å². The number of amides is 4. The third-order valence-electron chi connectivity index (χ3n) is 6.76. The van der Waals surface area contributed by atoms with Crippen molar-refractivity contribution >= 4 is 23.6 Å². The zero-order valence-electron chi connectivity index (χ0n) is 18.7. The topological polar surface area (TPSA) is 144 Å². The minimum absolute atomic E-state index is 0.158. The molecule has 0 spiro atoms. The van der Waals surface area contributed by atoms with Gasteiger partial charge in [-0.25, -0.2) is 9.67 Å². The highest BCUT2D eigenvalue weighted by molar-refractivity contribution is 6.05. The van der Waals surface area contributed by atoms with Crippen LogP contribution in [0.2, 0.25) is 0 Å². The second-order valence-electron chi connectivity index (χ2n) is 8.94. The van der Waals surface area contributed by atoms with Crippen LogP contribution in [0.15, 0.2) is 36.8 Å². The number of aryl methyl sites for hydroxylation is 1. The molecule has 2 atom stereocenters. The molecular weight excluding hydrogens is 452 g/mol. The lowest BCUT2D eigenvalue weighted by Gasteiger charge is -2.29. The van der Waals surface area contributed by atoms with Gasteiger partial charge in [0.1, 0.15) is 11.9 Å². The summed E-state index contributed by atoms with van der Waals surface area (Å²) in [7, 11) is 0. The molecule has 12 heteroatoms. The average molecular weight is 474 g/mol. The van der Waals surface area contributed by atoms with Gasteiger partial charge in [-0.05, 0) is 37.0 Å². The van der Waals surface area contributed by atoms with Gasteiger partial charge in [-0.3, -0.25) is 24.5 Å². The quantitative estimate of drug-likeness (QED) is 0.524. The molecule has 2 unspecified atom stereocenters. The van der Waals surface area contributed by atoms with Crippen LogP contribution in [0.25, 0.3) is 5.69 Å². The van der Waals surface area contributed by atoms with Gasteiger partial charge in [0.25, 0.3) is 11.8 Å². The first-order chi connectivity index (χ1) is 17.0. The zero-order chi connectivity index (χ0) is 24.1. The van der Waals surface area contributed by atoms with E-state index in [1.165, 1.54) is 15.8 Å². The van der Waals surface area contributed by atoms with E-state index in [9.17, 15) is 19.2 Å². The van der Waals surface area contributed by atoms with Crippen molar-refractivity contribution in [3.05, 3.63) is 59.4 Å². The van der Waals surface area contributed by atoms with E-state index in [-0.39, 0.29) is 35.9 Å². The maximum absolute atomic E-state index is 13.1. The largest absolute Gasteiger partial charge is 0.341 e. The van der Waals surface area contributed by atoms with E-state index in [1.807, 2.05) is 10.8 Å². The Morgan fingerprint density at radius 3 is 2.91 bits per heavy atom. The third kappa shape index (κ3) is 3.66. The zero-order valence-corrected chi connectivity index (χ0v) is 18.7. The molecule has 0 bridgehead atoms. The van der Waals surface area contributed by atoms with E-state index in [1.54, 1.807) is 24.4 Å². The van der Waals surface area contributed by atoms with E-state index in [4.69, 9.17) is 0 Å². The number of carbonyl (C=O) groups is 4. The summed E-state index contributed by atoms with van der Waals surface area (Å²) >= 11 is 0. The van der Waals surface area contributed by atoms with Gasteiger partial charge in [-0.1, -0.05) is 11.3 Å². The molecule has 1 aromatic carbocycles. The molecule has 1 saturated heterocycles. The van der Waals surface area contributed by atoms with Gasteiger partial charge in [0.2, 0.25) is 11.8 Å². The summed E-state index contributed by atoms with van der Waals surface area (Å²) < 4.78 is 3.48. The number of benzene rings is 1. The minimum Gasteiger partial charge on any atom is -0.341 e. The highest BCUT2D eigenvalue weighted by Gasteiger charge is 2.39. The van der Waals surface area contributed by atoms with Crippen molar-refractivity contribution in [2.24, 2.45) is 0 Å². The molecule has 3 aromatic rings. The van der Waals surface area contributed by atoms with Crippen LogP contribution in [0.1, 0.15) is 64.0 Å². The Bertz CT molecular complexity index is 1380. The second kappa shape index (κ2) is 8.15. The van der Waals surface area contributed by atoms with Crippen LogP contribution in [-0.4, -0.2) is 59.1 Å². The monoisotopic (exact) mass is 474 g/mol. The normalized spacial score (nSPS) is 21.5. The molecule has 0 saturated carbocycles. The second-order valence-corrected chi connectivity index (χ2v) is 8.94. The SMILES string of the molecule is O=C1CCC(N2Cc3ccc(-n4cc(C(=O)NC5CCCn6ccnc65)nn4)cc3C2=O)C(=O)N1. The Kier molecular flexibility index (Phi) is 4.94. The van der Waals surface area contributed by atoms with Gasteiger partial charge >= 0.3 is 0 Å². The molecular formula is C23H22N8O4. The van der Waals surface area contributed by atoms with Crippen molar-refractivity contribution in [2.75, 3.05) is 0 Å². The summed E-state index contributed by atoms with van der Waals surface area (Å²) in [5.41, 5.74) is 1.98. The summed E-state index contributed by atoms with van der Waals surface area (Å²) in [5.74, 6) is -0.566. The lowest BCUT2D eigenvalue weighted by Crippen LogP contribution is -2.52. The first kappa shape index (κ1) is 21.2. The highest BCUT2D eigenvalue weighted by Crippen LogP contribution is 2.29. The molecule has 0 radical (unpaired) electrons. The van der Waals surface area contributed by atoms with Gasteiger partial charge < -0.3 is 14.8 Å². The van der Waals surface area contributed by atoms with E-state index in [2.05, 4.69) is 25.9 Å². The third-order valence-corrected chi connectivity index (χ3v) is 6.76. The molecule has 3 aliphatic heterocycles. The number of piperidine rings is 1. The van der Waals surface area contributed by atoms with Crippen molar-refractivity contribution in [1.82, 2.24) is 40.1 Å². The molecule has 12 nitrogen and oxygen atoms in total. The van der Waals surface area contributed by atoms with Gasteiger partial charge in [-0.2, -0.15) is 0 Å². The number of fused-ring (bicyclic) bond motifs is 2. The smallest absolute Gasteiger partial charge is 0.274 e. The molecule has 3 aliphatic rings.